The largest absolute Gasteiger partial charge is 0.325 e. The Morgan fingerprint density at radius 1 is 1.39 bits per heavy atom. The van der Waals surface area contributed by atoms with E-state index < -0.39 is 0 Å². The molecule has 0 aliphatic carbocycles. The first-order valence-corrected chi connectivity index (χ1v) is 6.85. The number of hydrogen-bond acceptors (Lipinski definition) is 3. The normalized spacial score (nSPS) is 25.6. The highest BCUT2D eigenvalue weighted by atomic mass is 16.2. The third-order valence-corrected chi connectivity index (χ3v) is 3.45. The van der Waals surface area contributed by atoms with E-state index in [1.165, 1.54) is 0 Å². The van der Waals surface area contributed by atoms with Crippen molar-refractivity contribution >= 4 is 5.91 Å². The number of carbonyl (C=O) groups is 1. The summed E-state index contributed by atoms with van der Waals surface area (Å²) in [5.74, 6) is 0.603. The minimum absolute atomic E-state index is 0.0184. The van der Waals surface area contributed by atoms with Gasteiger partial charge in [0, 0.05) is 13.1 Å². The molecule has 1 N–H and O–H groups in total. The number of rotatable bonds is 5. The van der Waals surface area contributed by atoms with Crippen LogP contribution in [0.15, 0.2) is 0 Å². The molecule has 2 atom stereocenters. The van der Waals surface area contributed by atoms with Crippen LogP contribution in [0.2, 0.25) is 0 Å². The summed E-state index contributed by atoms with van der Waals surface area (Å²) in [4.78, 5) is 16.5. The van der Waals surface area contributed by atoms with Crippen LogP contribution in [-0.2, 0) is 4.79 Å². The predicted molar refractivity (Wildman–Crippen MR) is 75.3 cm³/mol. The Labute approximate surface area is 112 Å². The molecule has 1 heterocycles. The molecule has 1 saturated heterocycles. The summed E-state index contributed by atoms with van der Waals surface area (Å²) in [7, 11) is 4.15. The molecule has 4 heteroatoms. The summed E-state index contributed by atoms with van der Waals surface area (Å²) in [5.41, 5.74) is 0.112. The van der Waals surface area contributed by atoms with Gasteiger partial charge in [-0.3, -0.25) is 10.1 Å². The van der Waals surface area contributed by atoms with Gasteiger partial charge in [0.05, 0.1) is 12.2 Å². The molecule has 1 amide bonds. The van der Waals surface area contributed by atoms with Gasteiger partial charge in [0.25, 0.3) is 0 Å². The molecule has 0 bridgehead atoms. The lowest BCUT2D eigenvalue weighted by atomic mass is 9.92. The van der Waals surface area contributed by atoms with Gasteiger partial charge in [0.2, 0.25) is 5.91 Å². The molecule has 1 rings (SSSR count). The van der Waals surface area contributed by atoms with Gasteiger partial charge in [-0.2, -0.15) is 0 Å². The summed E-state index contributed by atoms with van der Waals surface area (Å²) >= 11 is 0. The Bertz CT molecular complexity index is 299. The maximum atomic E-state index is 12.4. The van der Waals surface area contributed by atoms with Crippen LogP contribution in [-0.4, -0.2) is 55.1 Å². The topological polar surface area (TPSA) is 35.6 Å². The van der Waals surface area contributed by atoms with Gasteiger partial charge >= 0.3 is 0 Å². The Kier molecular flexibility index (Phi) is 4.78. The van der Waals surface area contributed by atoms with E-state index >= 15 is 0 Å². The van der Waals surface area contributed by atoms with Crippen LogP contribution in [0.4, 0.5) is 0 Å². The molecule has 0 aromatic rings. The van der Waals surface area contributed by atoms with Crippen molar-refractivity contribution in [1.29, 1.82) is 0 Å². The van der Waals surface area contributed by atoms with Crippen molar-refractivity contribution in [3.63, 3.8) is 0 Å². The lowest BCUT2D eigenvalue weighted by Gasteiger charge is -2.34. The number of nitrogens with zero attached hydrogens (tertiary/aromatic N) is 2. The fourth-order valence-electron chi connectivity index (χ4n) is 2.85. The molecule has 0 spiro atoms. The van der Waals surface area contributed by atoms with Crippen molar-refractivity contribution in [2.75, 3.05) is 27.2 Å². The monoisotopic (exact) mass is 255 g/mol. The highest BCUT2D eigenvalue weighted by Gasteiger charge is 2.40. The summed E-state index contributed by atoms with van der Waals surface area (Å²) < 4.78 is 0. The average Bonchev–Trinajstić information content (AvgIpc) is 2.43. The van der Waals surface area contributed by atoms with E-state index in [-0.39, 0.29) is 23.5 Å². The standard InChI is InChI=1S/C14H29N3O/c1-10(2)12-13(18)17(11(3)15-12)9-14(4,5)8-16(6)7/h10-12,15H,8-9H2,1-7H3. The second kappa shape index (κ2) is 5.57. The van der Waals surface area contributed by atoms with Crippen LogP contribution in [0.25, 0.3) is 0 Å². The van der Waals surface area contributed by atoms with Gasteiger partial charge in [-0.25, -0.2) is 0 Å². The van der Waals surface area contributed by atoms with Crippen LogP contribution in [0.1, 0.15) is 34.6 Å². The zero-order chi connectivity index (χ0) is 14.1. The first-order chi connectivity index (χ1) is 8.14. The molecular weight excluding hydrogens is 226 g/mol. The van der Waals surface area contributed by atoms with Crippen molar-refractivity contribution in [1.82, 2.24) is 15.1 Å². The lowest BCUT2D eigenvalue weighted by molar-refractivity contribution is -0.132. The Hall–Kier alpha value is -0.610. The van der Waals surface area contributed by atoms with Crippen molar-refractivity contribution in [3.05, 3.63) is 0 Å². The Morgan fingerprint density at radius 3 is 2.33 bits per heavy atom. The smallest absolute Gasteiger partial charge is 0.241 e. The van der Waals surface area contributed by atoms with E-state index in [4.69, 9.17) is 0 Å². The second-order valence-electron chi connectivity index (χ2n) is 6.93. The van der Waals surface area contributed by atoms with E-state index in [9.17, 15) is 4.79 Å². The fourth-order valence-corrected chi connectivity index (χ4v) is 2.85. The molecule has 106 valence electrons. The number of amides is 1. The summed E-state index contributed by atoms with van der Waals surface area (Å²) in [6.45, 7) is 12.5. The number of carbonyl (C=O) groups excluding carboxylic acids is 1. The number of hydrogen-bond donors (Lipinski definition) is 1. The van der Waals surface area contributed by atoms with E-state index in [1.807, 2.05) is 4.90 Å². The molecule has 0 aromatic heterocycles. The number of nitrogens with one attached hydrogen (secondary N) is 1. The van der Waals surface area contributed by atoms with Crippen molar-refractivity contribution in [2.24, 2.45) is 11.3 Å². The quantitative estimate of drug-likeness (QED) is 0.806. The van der Waals surface area contributed by atoms with Crippen LogP contribution in [0.3, 0.4) is 0 Å². The maximum Gasteiger partial charge on any atom is 0.241 e. The van der Waals surface area contributed by atoms with Gasteiger partial charge < -0.3 is 9.80 Å². The summed E-state index contributed by atoms with van der Waals surface area (Å²) in [5, 5.41) is 3.39. The fraction of sp³-hybridized carbons (Fsp3) is 0.929. The minimum Gasteiger partial charge on any atom is -0.325 e. The van der Waals surface area contributed by atoms with E-state index in [0.29, 0.717) is 5.92 Å². The molecule has 18 heavy (non-hydrogen) atoms. The zero-order valence-corrected chi connectivity index (χ0v) is 12.9. The van der Waals surface area contributed by atoms with Gasteiger partial charge in [-0.1, -0.05) is 27.7 Å². The van der Waals surface area contributed by atoms with Crippen LogP contribution >= 0.6 is 0 Å². The Balaban J connectivity index is 2.70. The highest BCUT2D eigenvalue weighted by Crippen LogP contribution is 2.24. The van der Waals surface area contributed by atoms with E-state index in [1.54, 1.807) is 0 Å². The van der Waals surface area contributed by atoms with Gasteiger partial charge in [-0.05, 0) is 32.4 Å². The maximum absolute atomic E-state index is 12.4. The lowest BCUT2D eigenvalue weighted by Crippen LogP contribution is -2.45. The van der Waals surface area contributed by atoms with E-state index in [2.05, 4.69) is 58.9 Å². The third-order valence-electron chi connectivity index (χ3n) is 3.45. The van der Waals surface area contributed by atoms with Gasteiger partial charge in [0.15, 0.2) is 0 Å². The summed E-state index contributed by atoms with van der Waals surface area (Å²) in [6, 6.07) is -0.0184. The zero-order valence-electron chi connectivity index (χ0n) is 12.9. The second-order valence-corrected chi connectivity index (χ2v) is 6.93. The van der Waals surface area contributed by atoms with Crippen molar-refractivity contribution < 1.29 is 4.79 Å². The first-order valence-electron chi connectivity index (χ1n) is 6.85. The molecular formula is C14H29N3O. The molecule has 1 aliphatic rings. The SMILES string of the molecule is CC(C)C1NC(C)N(CC(C)(C)CN(C)C)C1=O. The van der Waals surface area contributed by atoms with Gasteiger partial charge in [0.1, 0.15) is 0 Å². The Morgan fingerprint density at radius 2 is 1.94 bits per heavy atom. The van der Waals surface area contributed by atoms with Crippen LogP contribution < -0.4 is 5.32 Å². The highest BCUT2D eigenvalue weighted by molar-refractivity contribution is 5.84. The average molecular weight is 255 g/mol. The minimum atomic E-state index is -0.0184. The van der Waals surface area contributed by atoms with Crippen molar-refractivity contribution in [2.45, 2.75) is 46.8 Å². The molecule has 1 fully saturated rings. The molecule has 4 nitrogen and oxygen atoms in total. The predicted octanol–water partition coefficient (Wildman–Crippen LogP) is 1.38. The molecule has 0 saturated carbocycles. The molecule has 2 unspecified atom stereocenters. The van der Waals surface area contributed by atoms with E-state index in [0.717, 1.165) is 13.1 Å². The molecule has 1 aliphatic heterocycles. The summed E-state index contributed by atoms with van der Waals surface area (Å²) in [6.07, 6.45) is 0.145. The van der Waals surface area contributed by atoms with Crippen molar-refractivity contribution in [3.8, 4) is 0 Å². The van der Waals surface area contributed by atoms with Crippen LogP contribution in [0, 0.1) is 11.3 Å². The third kappa shape index (κ3) is 3.69. The molecule has 0 radical (unpaired) electrons. The van der Waals surface area contributed by atoms with Crippen LogP contribution in [0.5, 0.6) is 0 Å². The molecule has 0 aromatic carbocycles. The first kappa shape index (κ1) is 15.4. The van der Waals surface area contributed by atoms with Gasteiger partial charge in [-0.15, -0.1) is 0 Å².